The van der Waals surface area contributed by atoms with Crippen molar-refractivity contribution >= 4 is 11.8 Å². The van der Waals surface area contributed by atoms with Gasteiger partial charge in [0, 0.05) is 19.5 Å². The van der Waals surface area contributed by atoms with Gasteiger partial charge in [0.15, 0.2) is 0 Å². The highest BCUT2D eigenvalue weighted by atomic mass is 16.2. The van der Waals surface area contributed by atoms with Crippen molar-refractivity contribution in [3.05, 3.63) is 41.7 Å². The van der Waals surface area contributed by atoms with E-state index >= 15 is 0 Å². The quantitative estimate of drug-likeness (QED) is 0.581. The van der Waals surface area contributed by atoms with Gasteiger partial charge in [0.2, 0.25) is 5.91 Å². The van der Waals surface area contributed by atoms with Crippen LogP contribution in [0, 0.1) is 0 Å². The summed E-state index contributed by atoms with van der Waals surface area (Å²) in [5.41, 5.74) is 3.26. The van der Waals surface area contributed by atoms with Crippen LogP contribution in [0.15, 0.2) is 41.7 Å². The van der Waals surface area contributed by atoms with Gasteiger partial charge in [-0.3, -0.25) is 14.5 Å². The summed E-state index contributed by atoms with van der Waals surface area (Å²) in [6, 6.07) is 0. The van der Waals surface area contributed by atoms with Crippen LogP contribution in [0.1, 0.15) is 6.92 Å². The highest BCUT2D eigenvalue weighted by Crippen LogP contribution is 2.04. The Morgan fingerprint density at radius 3 is 2.71 bits per heavy atom. The minimum absolute atomic E-state index is 0.276. The summed E-state index contributed by atoms with van der Waals surface area (Å²) in [7, 11) is 1.46. The third-order valence-corrected chi connectivity index (χ3v) is 1.84. The normalized spacial score (nSPS) is 13.4. The Kier molecular flexibility index (Phi) is 3.21. The molecule has 0 bridgehead atoms. The average molecular weight is 189 g/mol. The van der Waals surface area contributed by atoms with Gasteiger partial charge in [-0.2, -0.15) is 0 Å². The molecule has 1 aliphatic rings. The largest absolute Gasteiger partial charge is 0.282 e. The molecule has 0 aromatic rings. The number of hydrogen-bond acceptors (Lipinski definition) is 2. The van der Waals surface area contributed by atoms with Crippen LogP contribution < -0.4 is 0 Å². The number of allylic oxidation sites excluding steroid dienone is 3. The SMILES string of the molecule is CC(=O)N(C)C(=O)C1=CC=CC=C=C1. The van der Waals surface area contributed by atoms with E-state index in [0.29, 0.717) is 5.57 Å². The van der Waals surface area contributed by atoms with E-state index in [4.69, 9.17) is 0 Å². The maximum Gasteiger partial charge on any atom is 0.260 e. The summed E-state index contributed by atoms with van der Waals surface area (Å²) in [6.07, 6.45) is 8.41. The number of amides is 2. The minimum atomic E-state index is -0.315. The van der Waals surface area contributed by atoms with Gasteiger partial charge in [0.1, 0.15) is 0 Å². The van der Waals surface area contributed by atoms with Gasteiger partial charge in [-0.25, -0.2) is 0 Å². The van der Waals surface area contributed by atoms with Crippen LogP contribution in [0.3, 0.4) is 0 Å². The fourth-order valence-electron chi connectivity index (χ4n) is 0.926. The van der Waals surface area contributed by atoms with Crippen LogP contribution in [0.25, 0.3) is 0 Å². The van der Waals surface area contributed by atoms with Crippen LogP contribution in [0.4, 0.5) is 0 Å². The zero-order chi connectivity index (χ0) is 10.6. The van der Waals surface area contributed by atoms with Crippen LogP contribution in [0.5, 0.6) is 0 Å². The van der Waals surface area contributed by atoms with Crippen LogP contribution in [-0.4, -0.2) is 23.8 Å². The van der Waals surface area contributed by atoms with Crippen molar-refractivity contribution in [2.75, 3.05) is 7.05 Å². The minimum Gasteiger partial charge on any atom is -0.282 e. The number of rotatable bonds is 1. The standard InChI is InChI=1S/C11H11NO2/c1-9(13)12(2)11(14)10-7-5-3-4-6-8-10/h3-5,7-8H,1-2H3. The van der Waals surface area contributed by atoms with E-state index in [-0.39, 0.29) is 11.8 Å². The summed E-state index contributed by atoms with van der Waals surface area (Å²) >= 11 is 0. The van der Waals surface area contributed by atoms with Crippen molar-refractivity contribution in [1.82, 2.24) is 4.90 Å². The Morgan fingerprint density at radius 1 is 1.36 bits per heavy atom. The van der Waals surface area contributed by atoms with E-state index in [1.54, 1.807) is 30.4 Å². The first kappa shape index (κ1) is 10.2. The maximum atomic E-state index is 11.6. The predicted octanol–water partition coefficient (Wildman–Crippen LogP) is 1.20. The lowest BCUT2D eigenvalue weighted by Crippen LogP contribution is -2.31. The molecule has 0 unspecified atom stereocenters. The molecule has 0 aromatic heterocycles. The Morgan fingerprint density at radius 2 is 2.07 bits per heavy atom. The number of nitrogens with zero attached hydrogens (tertiary/aromatic N) is 1. The lowest BCUT2D eigenvalue weighted by atomic mass is 10.2. The van der Waals surface area contributed by atoms with Gasteiger partial charge in [-0.05, 0) is 18.2 Å². The molecule has 3 heteroatoms. The first-order chi connectivity index (χ1) is 6.63. The second-order valence-electron chi connectivity index (χ2n) is 2.87. The lowest BCUT2D eigenvalue weighted by Gasteiger charge is -2.12. The van der Waals surface area contributed by atoms with Crippen molar-refractivity contribution in [1.29, 1.82) is 0 Å². The number of hydrogen-bond donors (Lipinski definition) is 0. The van der Waals surface area contributed by atoms with Gasteiger partial charge in [0.25, 0.3) is 5.91 Å². The molecule has 0 radical (unpaired) electrons. The smallest absolute Gasteiger partial charge is 0.260 e. The molecule has 0 heterocycles. The van der Waals surface area contributed by atoms with E-state index in [9.17, 15) is 9.59 Å². The monoisotopic (exact) mass is 189 g/mol. The molecule has 0 aromatic carbocycles. The summed E-state index contributed by atoms with van der Waals surface area (Å²) in [5.74, 6) is -0.591. The first-order valence-corrected chi connectivity index (χ1v) is 4.21. The van der Waals surface area contributed by atoms with Gasteiger partial charge in [-0.1, -0.05) is 12.2 Å². The molecule has 72 valence electrons. The van der Waals surface area contributed by atoms with Crippen LogP contribution >= 0.6 is 0 Å². The third kappa shape index (κ3) is 2.31. The lowest BCUT2D eigenvalue weighted by molar-refractivity contribution is -0.139. The Labute approximate surface area is 82.7 Å². The number of imide groups is 1. The second kappa shape index (κ2) is 4.40. The summed E-state index contributed by atoms with van der Waals surface area (Å²) in [5, 5.41) is 0. The first-order valence-electron chi connectivity index (χ1n) is 4.21. The molecular weight excluding hydrogens is 178 g/mol. The molecular formula is C11H11NO2. The number of likely N-dealkylation sites (N-methyl/N-ethyl adjacent to an activating group) is 1. The summed E-state index contributed by atoms with van der Waals surface area (Å²) in [4.78, 5) is 23.6. The number of carbonyl (C=O) groups excluding carboxylic acids is 2. The molecule has 0 fully saturated rings. The summed E-state index contributed by atoms with van der Waals surface area (Å²) < 4.78 is 0. The van der Waals surface area contributed by atoms with E-state index in [0.717, 1.165) is 4.90 Å². The molecule has 0 spiro atoms. The molecule has 2 amide bonds. The topological polar surface area (TPSA) is 37.4 Å². The predicted molar refractivity (Wildman–Crippen MR) is 53.3 cm³/mol. The molecule has 14 heavy (non-hydrogen) atoms. The van der Waals surface area contributed by atoms with Crippen molar-refractivity contribution in [3.63, 3.8) is 0 Å². The van der Waals surface area contributed by atoms with Crippen LogP contribution in [0.2, 0.25) is 0 Å². The molecule has 0 atom stereocenters. The highest BCUT2D eigenvalue weighted by molar-refractivity contribution is 6.05. The van der Waals surface area contributed by atoms with E-state index in [2.05, 4.69) is 5.73 Å². The van der Waals surface area contributed by atoms with Crippen molar-refractivity contribution < 1.29 is 9.59 Å². The molecule has 3 nitrogen and oxygen atoms in total. The van der Waals surface area contributed by atoms with E-state index in [1.165, 1.54) is 14.0 Å². The number of carbonyl (C=O) groups is 2. The molecule has 0 saturated carbocycles. The summed E-state index contributed by atoms with van der Waals surface area (Å²) in [6.45, 7) is 1.35. The fraction of sp³-hybridized carbons (Fsp3) is 0.182. The van der Waals surface area contributed by atoms with Crippen molar-refractivity contribution in [2.45, 2.75) is 6.92 Å². The third-order valence-electron chi connectivity index (χ3n) is 1.84. The molecule has 0 N–H and O–H groups in total. The van der Waals surface area contributed by atoms with Gasteiger partial charge in [0.05, 0.1) is 0 Å². The van der Waals surface area contributed by atoms with Gasteiger partial charge in [-0.15, -0.1) is 5.73 Å². The van der Waals surface area contributed by atoms with E-state index in [1.807, 2.05) is 0 Å². The average Bonchev–Trinajstić information content (AvgIpc) is 2.43. The zero-order valence-electron chi connectivity index (χ0n) is 8.15. The van der Waals surface area contributed by atoms with Gasteiger partial charge >= 0.3 is 0 Å². The molecule has 1 aliphatic carbocycles. The van der Waals surface area contributed by atoms with Crippen LogP contribution in [-0.2, 0) is 9.59 Å². The fourth-order valence-corrected chi connectivity index (χ4v) is 0.926. The maximum absolute atomic E-state index is 11.6. The molecule has 0 aliphatic heterocycles. The Hall–Kier alpha value is -1.86. The Balaban J connectivity index is 2.90. The van der Waals surface area contributed by atoms with Crippen molar-refractivity contribution in [2.24, 2.45) is 0 Å². The highest BCUT2D eigenvalue weighted by Gasteiger charge is 2.15. The molecule has 0 saturated heterocycles. The second-order valence-corrected chi connectivity index (χ2v) is 2.87. The van der Waals surface area contributed by atoms with Gasteiger partial charge < -0.3 is 0 Å². The zero-order valence-corrected chi connectivity index (χ0v) is 8.15. The van der Waals surface area contributed by atoms with Crippen molar-refractivity contribution in [3.8, 4) is 0 Å². The molecule has 1 rings (SSSR count). The Bertz CT molecular complexity index is 382. The van der Waals surface area contributed by atoms with E-state index < -0.39 is 0 Å².